The lowest BCUT2D eigenvalue weighted by Crippen LogP contribution is -2.61. The second kappa shape index (κ2) is 18.0. The van der Waals surface area contributed by atoms with Crippen LogP contribution in [-0.4, -0.2) is 117 Å². The number of epoxide rings is 1. The van der Waals surface area contributed by atoms with Gasteiger partial charge in [0.1, 0.15) is 40.3 Å². The van der Waals surface area contributed by atoms with E-state index in [1.807, 2.05) is 51.1 Å². The van der Waals surface area contributed by atoms with Crippen molar-refractivity contribution in [1.29, 1.82) is 0 Å². The minimum Gasteiger partial charge on any atom is -0.495 e. The molecule has 2 aromatic carbocycles. The third-order valence-corrected chi connectivity index (χ3v) is 12.8. The van der Waals surface area contributed by atoms with Gasteiger partial charge >= 0.3 is 12.1 Å². The van der Waals surface area contributed by atoms with E-state index in [0.717, 1.165) is 11.1 Å². The highest BCUT2D eigenvalue weighted by atomic mass is 35.5. The van der Waals surface area contributed by atoms with Gasteiger partial charge in [0, 0.05) is 51.0 Å². The zero-order valence-corrected chi connectivity index (χ0v) is 36.4. The van der Waals surface area contributed by atoms with Crippen LogP contribution < -0.4 is 25.6 Å². The molecule has 0 spiro atoms. The number of alkyl carbamates (subject to hydrolysis) is 1. The Morgan fingerprint density at radius 1 is 1.17 bits per heavy atom. The SMILES string of the molecule is CC[C@@H]1/C=C/C=C(\C)Cc2cc(OC)c(Cl)c(c2)N(C)C(=O)C[C@H](OC(=O)[C@H](C)N(C)C(=O)c2ccc(N)c(N3CCOCC3)c2)[C@]2(C)O[C@H]2[C@H](C)[C@@H]2C[C@@]1(O)NC(=O)O2. The molecule has 0 saturated carbocycles. The van der Waals surface area contributed by atoms with Crippen LogP contribution in [0.2, 0.25) is 5.02 Å². The molecule has 3 fully saturated rings. The van der Waals surface area contributed by atoms with E-state index in [2.05, 4.69) is 10.2 Å². The van der Waals surface area contributed by atoms with Gasteiger partial charge in [0.15, 0.2) is 0 Å². The number of rotatable bonds is 7. The van der Waals surface area contributed by atoms with Crippen molar-refractivity contribution >= 4 is 52.5 Å². The number of hydrogen-bond donors (Lipinski definition) is 3. The van der Waals surface area contributed by atoms with Crippen molar-refractivity contribution in [2.24, 2.45) is 11.8 Å². The summed E-state index contributed by atoms with van der Waals surface area (Å²) in [5.41, 5.74) is 7.19. The van der Waals surface area contributed by atoms with Crippen LogP contribution in [0.15, 0.2) is 54.1 Å². The van der Waals surface area contributed by atoms with Gasteiger partial charge in [-0.1, -0.05) is 49.2 Å². The molecule has 0 aromatic heterocycles. The first-order valence-electron chi connectivity index (χ1n) is 20.5. The molecular formula is C44H58ClN5O10. The van der Waals surface area contributed by atoms with Crippen molar-refractivity contribution < 1.29 is 48.0 Å². The Kier molecular flexibility index (Phi) is 13.4. The van der Waals surface area contributed by atoms with Crippen molar-refractivity contribution in [1.82, 2.24) is 10.2 Å². The Morgan fingerprint density at radius 2 is 1.88 bits per heavy atom. The average Bonchev–Trinajstić information content (AvgIpc) is 3.92. The molecule has 0 unspecified atom stereocenters. The summed E-state index contributed by atoms with van der Waals surface area (Å²) in [6, 6.07) is 7.54. The highest BCUT2D eigenvalue weighted by Gasteiger charge is 2.64. The van der Waals surface area contributed by atoms with E-state index in [9.17, 15) is 24.3 Å². The van der Waals surface area contributed by atoms with E-state index in [1.165, 1.54) is 24.0 Å². The van der Waals surface area contributed by atoms with Crippen molar-refractivity contribution in [3.63, 3.8) is 0 Å². The molecule has 2 aromatic rings. The normalized spacial score (nSPS) is 30.4. The first-order chi connectivity index (χ1) is 28.4. The number of methoxy groups -OCH3 is 1. The Hall–Kier alpha value is -4.83. The molecule has 3 saturated heterocycles. The molecule has 4 bridgehead atoms. The molecule has 0 aliphatic carbocycles. The fraction of sp³-hybridized carbons (Fsp3) is 0.545. The van der Waals surface area contributed by atoms with Crippen LogP contribution in [0.25, 0.3) is 0 Å². The standard InChI is InChI=1S/C44H58ClN5O10/c1-9-30-12-10-11-25(2)19-28-20-33(38(45)34(21-28)56-8)49(7)37(51)23-36(43(5)39(60-43)26(3)35-24-44(30,55)47-42(54)58-35)59-41(53)27(4)48(6)40(52)29-13-14-31(46)32(22-29)50-15-17-57-18-16-50/h10-14,20-22,26-27,30,35-36,39,55H,9,15-19,23-24,46H2,1-8H3,(H,47,54)/b12-10+,25-11+/t26-,27+,30-,35+,36+,39+,43+,44+/m1/s1. The second-order valence-corrected chi connectivity index (χ2v) is 16.9. The summed E-state index contributed by atoms with van der Waals surface area (Å²) in [5.74, 6) is -2.21. The van der Waals surface area contributed by atoms with Gasteiger partial charge in [0.2, 0.25) is 5.91 Å². The fourth-order valence-electron chi connectivity index (χ4n) is 8.43. The third kappa shape index (κ3) is 9.24. The molecule has 60 heavy (non-hydrogen) atoms. The number of nitrogens with one attached hydrogen (secondary N) is 1. The quantitative estimate of drug-likeness (QED) is 0.187. The number of carbonyl (C=O) groups excluding carboxylic acids is 4. The molecular weight excluding hydrogens is 794 g/mol. The van der Waals surface area contributed by atoms with Crippen LogP contribution in [0.4, 0.5) is 21.9 Å². The van der Waals surface area contributed by atoms with E-state index in [1.54, 1.807) is 39.1 Å². The summed E-state index contributed by atoms with van der Waals surface area (Å²) in [7, 11) is 4.59. The summed E-state index contributed by atoms with van der Waals surface area (Å²) in [5, 5.41) is 14.8. The molecule has 4 aliphatic heterocycles. The number of nitrogen functional groups attached to an aromatic ring is 1. The highest BCUT2D eigenvalue weighted by molar-refractivity contribution is 6.35. The number of halogens is 1. The number of hydrogen-bond acceptors (Lipinski definition) is 12. The molecule has 4 aliphatic rings. The predicted octanol–water partition coefficient (Wildman–Crippen LogP) is 5.26. The molecule has 15 nitrogen and oxygen atoms in total. The number of ether oxygens (including phenoxy) is 5. The Labute approximate surface area is 356 Å². The van der Waals surface area contributed by atoms with Gasteiger partial charge in [-0.05, 0) is 69.5 Å². The van der Waals surface area contributed by atoms with Crippen molar-refractivity contribution in [2.45, 2.75) is 96.0 Å². The van der Waals surface area contributed by atoms with Crippen LogP contribution in [0.1, 0.15) is 69.8 Å². The summed E-state index contributed by atoms with van der Waals surface area (Å²) >= 11 is 6.82. The zero-order valence-electron chi connectivity index (χ0n) is 35.7. The smallest absolute Gasteiger partial charge is 0.409 e. The molecule has 0 radical (unpaired) electrons. The number of amides is 3. The number of aliphatic hydroxyl groups is 1. The fourth-order valence-corrected chi connectivity index (χ4v) is 8.74. The lowest BCUT2D eigenvalue weighted by atomic mass is 9.80. The maximum Gasteiger partial charge on any atom is 0.409 e. The molecule has 3 amide bonds. The van der Waals surface area contributed by atoms with Crippen LogP contribution in [0.3, 0.4) is 0 Å². The van der Waals surface area contributed by atoms with E-state index in [0.29, 0.717) is 67.5 Å². The first-order valence-corrected chi connectivity index (χ1v) is 20.8. The predicted molar refractivity (Wildman–Crippen MR) is 227 cm³/mol. The van der Waals surface area contributed by atoms with Gasteiger partial charge in [-0.15, -0.1) is 0 Å². The first kappa shape index (κ1) is 44.7. The summed E-state index contributed by atoms with van der Waals surface area (Å²) in [6.45, 7) is 11.3. The van der Waals surface area contributed by atoms with Gasteiger partial charge in [-0.3, -0.25) is 14.9 Å². The van der Waals surface area contributed by atoms with Crippen LogP contribution >= 0.6 is 11.6 Å². The minimum atomic E-state index is -1.63. The molecule has 326 valence electrons. The number of nitrogens with two attached hydrogens (primary N) is 1. The maximum absolute atomic E-state index is 14.3. The number of esters is 1. The van der Waals surface area contributed by atoms with Crippen LogP contribution in [-0.2, 0) is 35.0 Å². The molecule has 4 heterocycles. The molecule has 4 N–H and O–H groups in total. The number of allylic oxidation sites excluding steroid dienone is 3. The number of carbonyl (C=O) groups is 4. The van der Waals surface area contributed by atoms with Crippen molar-refractivity contribution in [3.8, 4) is 5.75 Å². The van der Waals surface area contributed by atoms with E-state index < -0.39 is 71.4 Å². The lowest BCUT2D eigenvalue weighted by molar-refractivity contribution is -0.158. The number of morpholine rings is 1. The second-order valence-electron chi connectivity index (χ2n) is 16.5. The Balaban J connectivity index is 1.32. The zero-order chi connectivity index (χ0) is 43.7. The average molecular weight is 852 g/mol. The van der Waals surface area contributed by atoms with Gasteiger partial charge in [0.05, 0.1) is 49.9 Å². The van der Waals surface area contributed by atoms with Gasteiger partial charge in [0.25, 0.3) is 5.91 Å². The van der Waals surface area contributed by atoms with E-state index >= 15 is 0 Å². The Morgan fingerprint density at radius 3 is 2.57 bits per heavy atom. The summed E-state index contributed by atoms with van der Waals surface area (Å²) in [4.78, 5) is 60.1. The van der Waals surface area contributed by atoms with Crippen molar-refractivity contribution in [3.05, 3.63) is 70.3 Å². The summed E-state index contributed by atoms with van der Waals surface area (Å²) in [6.07, 6.45) is 3.03. The number of likely N-dealkylation sites (N-methyl/N-ethyl adjacent to an activating group) is 1. The Bertz CT molecular complexity index is 2040. The van der Waals surface area contributed by atoms with Gasteiger partial charge in [-0.2, -0.15) is 0 Å². The van der Waals surface area contributed by atoms with Crippen LogP contribution in [0.5, 0.6) is 5.75 Å². The molecule has 8 atom stereocenters. The number of fused-ring (bicyclic) bond motifs is 5. The third-order valence-electron chi connectivity index (χ3n) is 12.5. The topological polar surface area (TPSA) is 186 Å². The minimum absolute atomic E-state index is 0.0555. The maximum atomic E-state index is 14.3. The van der Waals surface area contributed by atoms with Crippen molar-refractivity contribution in [2.75, 3.05) is 63.0 Å². The lowest BCUT2D eigenvalue weighted by Gasteiger charge is -2.42. The van der Waals surface area contributed by atoms with E-state index in [-0.39, 0.29) is 17.9 Å². The molecule has 6 rings (SSSR count). The largest absolute Gasteiger partial charge is 0.495 e. The monoisotopic (exact) mass is 851 g/mol. The van der Waals surface area contributed by atoms with Gasteiger partial charge < -0.3 is 49.2 Å². The van der Waals surface area contributed by atoms with Gasteiger partial charge in [-0.25, -0.2) is 9.59 Å². The number of anilines is 3. The molecule has 16 heteroatoms. The number of nitrogens with zero attached hydrogens (tertiary/aromatic N) is 3. The van der Waals surface area contributed by atoms with Crippen LogP contribution in [0, 0.1) is 11.8 Å². The number of benzene rings is 2. The summed E-state index contributed by atoms with van der Waals surface area (Å²) < 4.78 is 29.4. The van der Waals surface area contributed by atoms with E-state index in [4.69, 9.17) is 41.0 Å². The highest BCUT2D eigenvalue weighted by Crippen LogP contribution is 2.49.